The predicted molar refractivity (Wildman–Crippen MR) is 146 cm³/mol. The molecule has 1 aromatic carbocycles. The van der Waals surface area contributed by atoms with E-state index in [4.69, 9.17) is 9.72 Å². The first-order chi connectivity index (χ1) is 17.6. The van der Waals surface area contributed by atoms with E-state index < -0.39 is 11.7 Å². The molecule has 4 rings (SSSR count). The van der Waals surface area contributed by atoms with Crippen LogP contribution in [0.25, 0.3) is 5.65 Å². The minimum absolute atomic E-state index is 0.0231. The van der Waals surface area contributed by atoms with E-state index in [9.17, 15) is 9.59 Å². The standard InChI is InChI=1S/C28H36N6O3/c1-6-20-17-29-34-25(30-21-11-8-10-19(14-21)15-23(35)7-2)16-24(32-26(20)34)33-13-9-12-22(18-33)31-27(36)37-28(3,4)5/h7-8,10-11,14,16-17,22,30H,2,6,9,12-13,15,18H2,1,3-5H3,(H,31,36). The normalized spacial score (nSPS) is 15.9. The molecule has 1 fully saturated rings. The zero-order valence-electron chi connectivity index (χ0n) is 22.1. The summed E-state index contributed by atoms with van der Waals surface area (Å²) in [6.45, 7) is 12.7. The zero-order valence-corrected chi connectivity index (χ0v) is 22.1. The molecule has 0 saturated carbocycles. The summed E-state index contributed by atoms with van der Waals surface area (Å²) in [6, 6.07) is 9.71. The quantitative estimate of drug-likeness (QED) is 0.424. The average molecular weight is 505 g/mol. The van der Waals surface area contributed by atoms with Crippen molar-refractivity contribution >= 4 is 34.8 Å². The number of rotatable bonds is 8. The molecule has 2 N–H and O–H groups in total. The van der Waals surface area contributed by atoms with Gasteiger partial charge in [0, 0.05) is 42.9 Å². The summed E-state index contributed by atoms with van der Waals surface area (Å²) in [5.74, 6) is 1.57. The first-order valence-electron chi connectivity index (χ1n) is 12.8. The summed E-state index contributed by atoms with van der Waals surface area (Å²) in [5.41, 5.74) is 3.06. The van der Waals surface area contributed by atoms with Crippen molar-refractivity contribution in [3.05, 3.63) is 60.3 Å². The number of aromatic nitrogens is 3. The highest BCUT2D eigenvalue weighted by molar-refractivity contribution is 5.91. The second-order valence-electron chi connectivity index (χ2n) is 10.4. The Morgan fingerprint density at radius 3 is 2.81 bits per heavy atom. The molecule has 0 aliphatic carbocycles. The number of allylic oxidation sites excluding steroid dienone is 1. The number of carbonyl (C=O) groups excluding carboxylic acids is 2. The van der Waals surface area contributed by atoms with Crippen LogP contribution in [0.5, 0.6) is 0 Å². The van der Waals surface area contributed by atoms with Gasteiger partial charge in [-0.05, 0) is 63.8 Å². The van der Waals surface area contributed by atoms with Crippen molar-refractivity contribution < 1.29 is 14.3 Å². The molecule has 0 radical (unpaired) electrons. The number of carbonyl (C=O) groups is 2. The van der Waals surface area contributed by atoms with Gasteiger partial charge in [0.15, 0.2) is 11.4 Å². The summed E-state index contributed by atoms with van der Waals surface area (Å²) in [5, 5.41) is 11.1. The molecule has 1 unspecified atom stereocenters. The molecule has 3 heterocycles. The number of aryl methyl sites for hydroxylation is 1. The fraction of sp³-hybridized carbons (Fsp3) is 0.429. The summed E-state index contributed by atoms with van der Waals surface area (Å²) in [4.78, 5) is 31.3. The van der Waals surface area contributed by atoms with Gasteiger partial charge in [-0.3, -0.25) is 4.79 Å². The lowest BCUT2D eigenvalue weighted by atomic mass is 10.1. The number of ketones is 1. The van der Waals surface area contributed by atoms with Gasteiger partial charge in [0.05, 0.1) is 6.20 Å². The number of nitrogens with zero attached hydrogens (tertiary/aromatic N) is 4. The molecule has 0 spiro atoms. The van der Waals surface area contributed by atoms with Crippen LogP contribution in [0.1, 0.15) is 51.7 Å². The summed E-state index contributed by atoms with van der Waals surface area (Å²) in [6.07, 6.45) is 5.71. The van der Waals surface area contributed by atoms with Crippen LogP contribution in [0, 0.1) is 0 Å². The monoisotopic (exact) mass is 504 g/mol. The molecule has 9 heteroatoms. The lowest BCUT2D eigenvalue weighted by molar-refractivity contribution is -0.114. The van der Waals surface area contributed by atoms with Crippen molar-refractivity contribution in [3.8, 4) is 0 Å². The molecule has 1 amide bonds. The number of piperidine rings is 1. The van der Waals surface area contributed by atoms with Gasteiger partial charge in [0.2, 0.25) is 0 Å². The number of anilines is 3. The Labute approximate surface area is 217 Å². The van der Waals surface area contributed by atoms with E-state index in [1.807, 2.05) is 61.8 Å². The van der Waals surface area contributed by atoms with Crippen molar-refractivity contribution in [1.82, 2.24) is 19.9 Å². The Morgan fingerprint density at radius 2 is 2.08 bits per heavy atom. The van der Waals surface area contributed by atoms with Crippen LogP contribution in [-0.4, -0.2) is 51.2 Å². The minimum Gasteiger partial charge on any atom is -0.444 e. The lowest BCUT2D eigenvalue weighted by Crippen LogP contribution is -2.49. The van der Waals surface area contributed by atoms with Crippen molar-refractivity contribution in [2.24, 2.45) is 0 Å². The van der Waals surface area contributed by atoms with Crippen molar-refractivity contribution in [2.45, 2.75) is 65.0 Å². The van der Waals surface area contributed by atoms with Gasteiger partial charge in [0.1, 0.15) is 17.2 Å². The molecule has 1 aliphatic rings. The Bertz CT molecular complexity index is 1290. The summed E-state index contributed by atoms with van der Waals surface area (Å²) in [7, 11) is 0. The number of benzene rings is 1. The smallest absolute Gasteiger partial charge is 0.407 e. The topological polar surface area (TPSA) is 101 Å². The van der Waals surface area contributed by atoms with Crippen LogP contribution >= 0.6 is 0 Å². The third-order valence-corrected chi connectivity index (χ3v) is 6.18. The number of ether oxygens (including phenoxy) is 1. The first-order valence-corrected chi connectivity index (χ1v) is 12.8. The maximum absolute atomic E-state index is 12.3. The molecule has 1 saturated heterocycles. The van der Waals surface area contributed by atoms with E-state index >= 15 is 0 Å². The largest absolute Gasteiger partial charge is 0.444 e. The highest BCUT2D eigenvalue weighted by atomic mass is 16.6. The SMILES string of the molecule is C=CC(=O)Cc1cccc(Nc2cc(N3CCCC(NC(=O)OC(C)(C)C)C3)nc3c(CC)cnn23)c1. The Kier molecular flexibility index (Phi) is 7.80. The fourth-order valence-corrected chi connectivity index (χ4v) is 4.45. The molecule has 1 atom stereocenters. The molecule has 37 heavy (non-hydrogen) atoms. The van der Waals surface area contributed by atoms with Crippen LogP contribution in [0.15, 0.2) is 49.2 Å². The summed E-state index contributed by atoms with van der Waals surface area (Å²) >= 11 is 0. The van der Waals surface area contributed by atoms with Gasteiger partial charge in [-0.15, -0.1) is 0 Å². The number of hydrogen-bond acceptors (Lipinski definition) is 7. The molecule has 0 bridgehead atoms. The van der Waals surface area contributed by atoms with E-state index in [1.165, 1.54) is 6.08 Å². The minimum atomic E-state index is -0.541. The maximum Gasteiger partial charge on any atom is 0.407 e. The molecular weight excluding hydrogens is 468 g/mol. The van der Waals surface area contributed by atoms with Crippen LogP contribution in [0.2, 0.25) is 0 Å². The second-order valence-corrected chi connectivity index (χ2v) is 10.4. The molecule has 196 valence electrons. The first kappa shape index (κ1) is 26.2. The maximum atomic E-state index is 12.3. The predicted octanol–water partition coefficient (Wildman–Crippen LogP) is 4.83. The number of hydrogen-bond donors (Lipinski definition) is 2. The molecular formula is C28H36N6O3. The van der Waals surface area contributed by atoms with E-state index in [2.05, 4.69) is 34.1 Å². The van der Waals surface area contributed by atoms with Crippen LogP contribution in [0.3, 0.4) is 0 Å². The van der Waals surface area contributed by atoms with Crippen molar-refractivity contribution in [1.29, 1.82) is 0 Å². The van der Waals surface area contributed by atoms with Gasteiger partial charge in [-0.1, -0.05) is 25.6 Å². The van der Waals surface area contributed by atoms with E-state index in [0.717, 1.165) is 59.9 Å². The number of amides is 1. The van der Waals surface area contributed by atoms with Crippen molar-refractivity contribution in [2.75, 3.05) is 23.3 Å². The summed E-state index contributed by atoms with van der Waals surface area (Å²) < 4.78 is 7.26. The van der Waals surface area contributed by atoms with E-state index in [0.29, 0.717) is 13.0 Å². The highest BCUT2D eigenvalue weighted by Crippen LogP contribution is 2.27. The van der Waals surface area contributed by atoms with Crippen LogP contribution in [-0.2, 0) is 22.4 Å². The van der Waals surface area contributed by atoms with Crippen LogP contribution in [0.4, 0.5) is 22.1 Å². The van der Waals surface area contributed by atoms with Gasteiger partial charge in [-0.2, -0.15) is 9.61 Å². The average Bonchev–Trinajstić information content (AvgIpc) is 3.26. The van der Waals surface area contributed by atoms with E-state index in [-0.39, 0.29) is 11.8 Å². The Hall–Kier alpha value is -3.88. The second kappa shape index (κ2) is 11.0. The van der Waals surface area contributed by atoms with Gasteiger partial charge in [0.25, 0.3) is 0 Å². The van der Waals surface area contributed by atoms with E-state index in [1.54, 1.807) is 0 Å². The zero-order chi connectivity index (χ0) is 26.6. The highest BCUT2D eigenvalue weighted by Gasteiger charge is 2.26. The number of fused-ring (bicyclic) bond motifs is 1. The fourth-order valence-electron chi connectivity index (χ4n) is 4.45. The molecule has 2 aromatic heterocycles. The van der Waals surface area contributed by atoms with Crippen molar-refractivity contribution in [3.63, 3.8) is 0 Å². The van der Waals surface area contributed by atoms with Gasteiger partial charge < -0.3 is 20.3 Å². The molecule has 9 nitrogen and oxygen atoms in total. The Morgan fingerprint density at radius 1 is 1.27 bits per heavy atom. The van der Waals surface area contributed by atoms with Gasteiger partial charge in [-0.25, -0.2) is 9.78 Å². The number of nitrogens with one attached hydrogen (secondary N) is 2. The molecule has 1 aliphatic heterocycles. The number of alkyl carbamates (subject to hydrolysis) is 1. The third-order valence-electron chi connectivity index (χ3n) is 6.18. The third kappa shape index (κ3) is 6.67. The van der Waals surface area contributed by atoms with Gasteiger partial charge >= 0.3 is 6.09 Å². The lowest BCUT2D eigenvalue weighted by Gasteiger charge is -2.34. The Balaban J connectivity index is 1.60. The van der Waals surface area contributed by atoms with Crippen LogP contribution < -0.4 is 15.5 Å². The molecule has 3 aromatic rings.